The van der Waals surface area contributed by atoms with E-state index in [1.165, 1.54) is 24.2 Å². The molecule has 0 spiro atoms. The van der Waals surface area contributed by atoms with Crippen LogP contribution >= 0.6 is 20.1 Å². The van der Waals surface area contributed by atoms with Crippen LogP contribution < -0.4 is 4.72 Å². The molecule has 2 rings (SSSR count). The second-order valence-electron chi connectivity index (χ2n) is 9.03. The minimum Gasteiger partial charge on any atom is -0.478 e. The number of carbonyl (C=O) groups excluding carboxylic acids is 1. The van der Waals surface area contributed by atoms with Gasteiger partial charge in [-0.05, 0) is 83.1 Å². The molecule has 0 saturated carbocycles. The summed E-state index contributed by atoms with van der Waals surface area (Å²) in [5.41, 5.74) is 0.0468. The van der Waals surface area contributed by atoms with E-state index in [1.807, 2.05) is 65.5 Å². The van der Waals surface area contributed by atoms with E-state index in [-0.39, 0.29) is 11.5 Å². The van der Waals surface area contributed by atoms with Crippen molar-refractivity contribution in [3.63, 3.8) is 0 Å². The molecule has 1 aromatic heterocycles. The average Bonchev–Trinajstić information content (AvgIpc) is 2.70. The van der Waals surface area contributed by atoms with Crippen LogP contribution in [0.3, 0.4) is 0 Å². The molecule has 0 amide bonds. The largest absolute Gasteiger partial charge is 0.478 e. The molecule has 9 heteroatoms. The van der Waals surface area contributed by atoms with Gasteiger partial charge >= 0.3 is 11.9 Å². The Hall–Kier alpha value is -2.15. The van der Waals surface area contributed by atoms with Crippen molar-refractivity contribution < 1.29 is 24.0 Å². The zero-order valence-corrected chi connectivity index (χ0v) is 21.0. The first-order valence-electron chi connectivity index (χ1n) is 10.1. The Morgan fingerprint density at radius 2 is 1.88 bits per heavy atom. The first-order valence-corrected chi connectivity index (χ1v) is 12.9. The van der Waals surface area contributed by atoms with E-state index in [0.717, 1.165) is 10.5 Å². The number of ether oxygens (including phenoxy) is 1. The van der Waals surface area contributed by atoms with Gasteiger partial charge in [0.05, 0.1) is 17.6 Å². The van der Waals surface area contributed by atoms with Crippen molar-refractivity contribution in [2.45, 2.75) is 51.7 Å². The molecular formula is C23H31N2O5PS. The van der Waals surface area contributed by atoms with Crippen LogP contribution in [-0.2, 0) is 20.7 Å². The molecule has 0 aliphatic carbocycles. The summed E-state index contributed by atoms with van der Waals surface area (Å²) in [6.07, 6.45) is 1.93. The Kier molecular flexibility index (Phi) is 9.08. The summed E-state index contributed by atoms with van der Waals surface area (Å²) in [6, 6.07) is 11.1. The number of carboxylic acid groups (broad SMARTS) is 1. The van der Waals surface area contributed by atoms with Crippen LogP contribution in [0, 0.1) is 5.41 Å². The van der Waals surface area contributed by atoms with Gasteiger partial charge in [0.15, 0.2) is 0 Å². The molecular weight excluding hydrogens is 447 g/mol. The number of pyridine rings is 1. The maximum absolute atomic E-state index is 12.5. The second kappa shape index (κ2) is 11.1. The molecule has 0 bridgehead atoms. The molecule has 174 valence electrons. The predicted octanol–water partition coefficient (Wildman–Crippen LogP) is 5.81. The first-order chi connectivity index (χ1) is 14.9. The van der Waals surface area contributed by atoms with Crippen LogP contribution in [0.2, 0.25) is 0 Å². The van der Waals surface area contributed by atoms with Gasteiger partial charge in [-0.1, -0.05) is 12.1 Å². The summed E-state index contributed by atoms with van der Waals surface area (Å²) in [6.45, 7) is 11.9. The number of aromatic nitrogens is 1. The zero-order valence-electron chi connectivity index (χ0n) is 19.3. The summed E-state index contributed by atoms with van der Waals surface area (Å²) in [5.74, 6) is -0.643. The van der Waals surface area contributed by atoms with E-state index in [9.17, 15) is 9.59 Å². The molecule has 1 unspecified atom stereocenters. The molecule has 0 saturated heterocycles. The van der Waals surface area contributed by atoms with Crippen molar-refractivity contribution in [2.24, 2.45) is 5.41 Å². The van der Waals surface area contributed by atoms with E-state index < -0.39 is 25.1 Å². The van der Waals surface area contributed by atoms with Gasteiger partial charge in [-0.15, -0.1) is 0 Å². The van der Waals surface area contributed by atoms with E-state index in [4.69, 9.17) is 14.4 Å². The van der Waals surface area contributed by atoms with Crippen molar-refractivity contribution in [1.29, 1.82) is 0 Å². The van der Waals surface area contributed by atoms with Crippen molar-refractivity contribution in [3.05, 3.63) is 53.7 Å². The lowest BCUT2D eigenvalue weighted by atomic mass is 9.96. The van der Waals surface area contributed by atoms with Gasteiger partial charge in [0.2, 0.25) is 0 Å². The Labute approximate surface area is 195 Å². The lowest BCUT2D eigenvalue weighted by molar-refractivity contribution is -0.164. The smallest absolute Gasteiger partial charge is 0.337 e. The van der Waals surface area contributed by atoms with Gasteiger partial charge < -0.3 is 19.1 Å². The molecule has 1 aromatic carbocycles. The van der Waals surface area contributed by atoms with Gasteiger partial charge in [-0.25, -0.2) is 9.78 Å². The van der Waals surface area contributed by atoms with Crippen molar-refractivity contribution in [3.8, 4) is 0 Å². The average molecular weight is 479 g/mol. The fraction of sp³-hybridized carbons (Fsp3) is 0.435. The number of aromatic carboxylic acids is 1. The maximum Gasteiger partial charge on any atom is 0.337 e. The number of hydrogen-bond donors (Lipinski definition) is 2. The Morgan fingerprint density at radius 1 is 1.16 bits per heavy atom. The van der Waals surface area contributed by atoms with E-state index in [0.29, 0.717) is 18.6 Å². The first kappa shape index (κ1) is 26.1. The highest BCUT2D eigenvalue weighted by atomic mass is 32.2. The topological polar surface area (TPSA) is 97.8 Å². The Bertz CT molecular complexity index is 929. The summed E-state index contributed by atoms with van der Waals surface area (Å²) >= 11 is 1.38. The third-order valence-corrected chi connectivity index (χ3v) is 6.81. The van der Waals surface area contributed by atoms with Crippen molar-refractivity contribution >= 4 is 37.9 Å². The highest BCUT2D eigenvalue weighted by Crippen LogP contribution is 2.41. The number of nitrogens with zero attached hydrogens (tertiary/aromatic N) is 1. The molecule has 32 heavy (non-hydrogen) atoms. The molecule has 0 fully saturated rings. The number of carbonyl (C=O) groups is 2. The molecule has 0 aliphatic heterocycles. The maximum atomic E-state index is 12.5. The summed E-state index contributed by atoms with van der Waals surface area (Å²) < 4.78 is 14.7. The normalized spacial score (nSPS) is 12.8. The molecule has 2 N–H and O–H groups in total. The van der Waals surface area contributed by atoms with Crippen molar-refractivity contribution in [1.82, 2.24) is 4.98 Å². The van der Waals surface area contributed by atoms with Crippen LogP contribution in [0.25, 0.3) is 0 Å². The van der Waals surface area contributed by atoms with Gasteiger partial charge in [0.1, 0.15) is 11.4 Å². The standard InChI is InChI=1S/C23H31N2O5PS/c1-22(2,3)30-21(28)23(4,5)15-31(6)29-14-16-8-7-9-18(12-16)32-25-19-11-10-17(13-24-19)20(26)27/h7-13H,14-15H2,1-6H3,(H,24,25)(H,26,27). The molecule has 0 aliphatic rings. The van der Waals surface area contributed by atoms with E-state index in [2.05, 4.69) is 9.71 Å². The minimum absolute atomic E-state index is 0.144. The molecule has 1 heterocycles. The van der Waals surface area contributed by atoms with E-state index >= 15 is 0 Å². The number of nitrogens with one attached hydrogen (secondary N) is 1. The Morgan fingerprint density at radius 3 is 2.47 bits per heavy atom. The van der Waals surface area contributed by atoms with Crippen LogP contribution in [0.4, 0.5) is 5.82 Å². The summed E-state index contributed by atoms with van der Waals surface area (Å²) in [7, 11) is -0.810. The number of benzene rings is 1. The van der Waals surface area contributed by atoms with Crippen molar-refractivity contribution in [2.75, 3.05) is 17.5 Å². The fourth-order valence-corrected chi connectivity index (χ4v) is 5.06. The number of anilines is 1. The highest BCUT2D eigenvalue weighted by Gasteiger charge is 2.34. The third-order valence-electron chi connectivity index (χ3n) is 4.20. The summed E-state index contributed by atoms with van der Waals surface area (Å²) in [5, 5.41) is 8.94. The quantitative estimate of drug-likeness (QED) is 0.251. The van der Waals surface area contributed by atoms with Crippen LogP contribution in [0.1, 0.15) is 50.5 Å². The highest BCUT2D eigenvalue weighted by molar-refractivity contribution is 8.00. The van der Waals surface area contributed by atoms with Gasteiger partial charge in [-0.2, -0.15) is 0 Å². The van der Waals surface area contributed by atoms with Crippen LogP contribution in [0.15, 0.2) is 47.5 Å². The lowest BCUT2D eigenvalue weighted by Gasteiger charge is -2.30. The van der Waals surface area contributed by atoms with Gasteiger partial charge in [0, 0.05) is 25.4 Å². The summed E-state index contributed by atoms with van der Waals surface area (Å²) in [4.78, 5) is 28.4. The van der Waals surface area contributed by atoms with Crippen LogP contribution in [0.5, 0.6) is 0 Å². The predicted molar refractivity (Wildman–Crippen MR) is 129 cm³/mol. The van der Waals surface area contributed by atoms with Gasteiger partial charge in [0.25, 0.3) is 0 Å². The molecule has 2 aromatic rings. The monoisotopic (exact) mass is 478 g/mol. The number of carboxylic acids is 1. The number of hydrogen-bond acceptors (Lipinski definition) is 7. The molecule has 1 atom stereocenters. The lowest BCUT2D eigenvalue weighted by Crippen LogP contribution is -2.35. The zero-order chi connectivity index (χ0) is 23.9. The fourth-order valence-electron chi connectivity index (χ4n) is 2.66. The third kappa shape index (κ3) is 8.77. The molecule has 0 radical (unpaired) electrons. The Balaban J connectivity index is 1.86. The van der Waals surface area contributed by atoms with E-state index in [1.54, 1.807) is 6.07 Å². The SMILES string of the molecule is CP(CC(C)(C)C(=O)OC(C)(C)C)OCc1cccc(SNc2ccc(C(=O)O)cn2)c1. The van der Waals surface area contributed by atoms with Crippen LogP contribution in [-0.4, -0.2) is 40.5 Å². The minimum atomic E-state index is -1.00. The van der Waals surface area contributed by atoms with Gasteiger partial charge in [-0.3, -0.25) is 4.79 Å². The molecule has 7 nitrogen and oxygen atoms in total. The second-order valence-corrected chi connectivity index (χ2v) is 11.7. The number of esters is 1. The number of rotatable bonds is 10.